The summed E-state index contributed by atoms with van der Waals surface area (Å²) in [5, 5.41) is 15.6. The van der Waals surface area contributed by atoms with Gasteiger partial charge < -0.3 is 34.9 Å². The van der Waals surface area contributed by atoms with Crippen molar-refractivity contribution >= 4 is 57.2 Å². The van der Waals surface area contributed by atoms with Gasteiger partial charge in [-0.05, 0) is 78.2 Å². The first kappa shape index (κ1) is 32.2. The van der Waals surface area contributed by atoms with Crippen LogP contribution in [-0.4, -0.2) is 76.9 Å². The fourth-order valence-electron chi connectivity index (χ4n) is 6.10. The molecule has 49 heavy (non-hydrogen) atoms. The zero-order chi connectivity index (χ0) is 33.9. The Hall–Kier alpha value is -5.32. The molecule has 0 atom stereocenters. The number of carbonyl (C=O) groups excluding carboxylic acids is 1. The fourth-order valence-corrected chi connectivity index (χ4v) is 7.22. The smallest absolute Gasteiger partial charge is 0.261 e. The molecule has 0 aliphatic carbocycles. The van der Waals surface area contributed by atoms with Gasteiger partial charge >= 0.3 is 0 Å². The van der Waals surface area contributed by atoms with Crippen molar-refractivity contribution in [3.63, 3.8) is 0 Å². The van der Waals surface area contributed by atoms with E-state index in [0.717, 1.165) is 65.1 Å². The lowest BCUT2D eigenvalue weighted by atomic mass is 10.0. The van der Waals surface area contributed by atoms with Gasteiger partial charge in [-0.2, -0.15) is 5.26 Å². The summed E-state index contributed by atoms with van der Waals surface area (Å²) < 4.78 is 13.2. The van der Waals surface area contributed by atoms with Crippen LogP contribution in [0.4, 0.5) is 11.5 Å². The Morgan fingerprint density at radius 3 is 2.63 bits per heavy atom. The second kappa shape index (κ2) is 14.0. The van der Waals surface area contributed by atoms with Crippen LogP contribution in [0.5, 0.6) is 11.5 Å². The minimum Gasteiger partial charge on any atom is -0.454 e. The van der Waals surface area contributed by atoms with Gasteiger partial charge in [-0.1, -0.05) is 36.9 Å². The summed E-state index contributed by atoms with van der Waals surface area (Å²) in [5.74, 6) is 1.32. The number of carbonyl (C=O) groups is 1. The Labute approximate surface area is 288 Å². The maximum absolute atomic E-state index is 13.1. The van der Waals surface area contributed by atoms with Crippen molar-refractivity contribution in [3.8, 4) is 17.6 Å². The molecule has 12 nitrogen and oxygen atoms in total. The molecule has 1 fully saturated rings. The van der Waals surface area contributed by atoms with Crippen LogP contribution in [0.15, 0.2) is 70.5 Å². The number of nitrogens with two attached hydrogens (primary N) is 1. The molecule has 4 heterocycles. The molecule has 1 saturated heterocycles. The SMILES string of the molecule is CCc1cc2c(cc1Sc1nc3c(N)ncnc3n1CCCNC(=O)C(C#N)=Cc1ccc3cc(N4CCN(C)CC4)ccc3c1)OCO2. The van der Waals surface area contributed by atoms with Crippen LogP contribution in [0.1, 0.15) is 24.5 Å². The van der Waals surface area contributed by atoms with Crippen molar-refractivity contribution in [1.29, 1.82) is 5.26 Å². The van der Waals surface area contributed by atoms with Crippen LogP contribution >= 0.6 is 11.8 Å². The van der Waals surface area contributed by atoms with E-state index in [1.54, 1.807) is 6.08 Å². The summed E-state index contributed by atoms with van der Waals surface area (Å²) in [7, 11) is 2.15. The van der Waals surface area contributed by atoms with Gasteiger partial charge in [0.1, 0.15) is 18.0 Å². The number of rotatable bonds is 10. The van der Waals surface area contributed by atoms with E-state index in [-0.39, 0.29) is 12.4 Å². The minimum atomic E-state index is -0.419. The Bertz CT molecular complexity index is 2120. The highest BCUT2D eigenvalue weighted by molar-refractivity contribution is 7.99. The van der Waals surface area contributed by atoms with E-state index in [2.05, 4.69) is 63.3 Å². The Balaban J connectivity index is 1.02. The van der Waals surface area contributed by atoms with Crippen molar-refractivity contribution in [3.05, 3.63) is 71.6 Å². The lowest BCUT2D eigenvalue weighted by molar-refractivity contribution is -0.117. The number of anilines is 2. The van der Waals surface area contributed by atoms with Crippen LogP contribution < -0.4 is 25.4 Å². The van der Waals surface area contributed by atoms with Gasteiger partial charge in [-0.25, -0.2) is 15.0 Å². The van der Waals surface area contributed by atoms with Crippen LogP contribution in [-0.2, 0) is 17.8 Å². The number of likely N-dealkylation sites (N-methyl/N-ethyl adjacent to an activating group) is 1. The Kier molecular flexibility index (Phi) is 9.23. The second-order valence-corrected chi connectivity index (χ2v) is 13.1. The summed E-state index contributed by atoms with van der Waals surface area (Å²) in [5.41, 5.74) is 10.5. The van der Waals surface area contributed by atoms with Gasteiger partial charge in [-0.3, -0.25) is 4.79 Å². The maximum atomic E-state index is 13.1. The highest BCUT2D eigenvalue weighted by Gasteiger charge is 2.21. The molecule has 3 N–H and O–H groups in total. The largest absolute Gasteiger partial charge is 0.454 e. The summed E-state index contributed by atoms with van der Waals surface area (Å²) in [4.78, 5) is 32.2. The van der Waals surface area contributed by atoms with Gasteiger partial charge in [-0.15, -0.1) is 0 Å². The predicted molar refractivity (Wildman–Crippen MR) is 191 cm³/mol. The van der Waals surface area contributed by atoms with Gasteiger partial charge in [0.25, 0.3) is 5.91 Å². The minimum absolute atomic E-state index is 0.0492. The van der Waals surface area contributed by atoms with E-state index in [1.165, 1.54) is 23.8 Å². The molecule has 7 rings (SSSR count). The molecular weight excluding hydrogens is 639 g/mol. The maximum Gasteiger partial charge on any atom is 0.261 e. The number of piperazine rings is 1. The van der Waals surface area contributed by atoms with Crippen LogP contribution in [0, 0.1) is 11.3 Å². The monoisotopic (exact) mass is 675 g/mol. The van der Waals surface area contributed by atoms with E-state index in [1.807, 2.05) is 34.9 Å². The number of nitrogens with one attached hydrogen (secondary N) is 1. The first-order chi connectivity index (χ1) is 23.9. The van der Waals surface area contributed by atoms with Crippen molar-refractivity contribution < 1.29 is 14.3 Å². The molecule has 0 radical (unpaired) electrons. The summed E-state index contributed by atoms with van der Waals surface area (Å²) >= 11 is 1.50. The Morgan fingerprint density at radius 2 is 1.84 bits per heavy atom. The number of nitrogen functional groups attached to an aromatic ring is 1. The molecule has 0 saturated carbocycles. The third-order valence-corrected chi connectivity index (χ3v) is 9.99. The molecule has 1 amide bonds. The number of hydrogen-bond donors (Lipinski definition) is 2. The standard InChI is InChI=1S/C36H37N9O3S/c1-3-24-18-29-30(48-22-47-29)19-31(24)49-36-42-32-33(38)40-21-41-34(32)45(36)10-4-9-39-35(46)27(20-37)16-23-5-6-26-17-28(8-7-25(26)15-23)44-13-11-43(2)12-14-44/h5-8,15-19,21H,3-4,9-14,22H2,1-2H3,(H,39,46)(H2,38,40,41). The van der Waals surface area contributed by atoms with Crippen LogP contribution in [0.3, 0.4) is 0 Å². The molecule has 0 spiro atoms. The zero-order valence-corrected chi connectivity index (χ0v) is 28.3. The van der Waals surface area contributed by atoms with Crippen LogP contribution in [0.2, 0.25) is 0 Å². The van der Waals surface area contributed by atoms with E-state index in [9.17, 15) is 10.1 Å². The number of benzene rings is 3. The lowest BCUT2D eigenvalue weighted by Crippen LogP contribution is -2.44. The van der Waals surface area contributed by atoms with E-state index >= 15 is 0 Å². The number of nitriles is 1. The number of aryl methyl sites for hydroxylation is 2. The predicted octanol–water partition coefficient (Wildman–Crippen LogP) is 4.87. The highest BCUT2D eigenvalue weighted by Crippen LogP contribution is 2.41. The first-order valence-corrected chi connectivity index (χ1v) is 17.2. The van der Waals surface area contributed by atoms with E-state index < -0.39 is 5.91 Å². The fraction of sp³-hybridized carbons (Fsp3) is 0.306. The molecule has 13 heteroatoms. The molecule has 5 aromatic rings. The molecule has 250 valence electrons. The molecule has 0 bridgehead atoms. The van der Waals surface area contributed by atoms with E-state index in [4.69, 9.17) is 20.2 Å². The quantitative estimate of drug-likeness (QED) is 0.119. The number of imidazole rings is 1. The molecule has 2 aromatic heterocycles. The third-order valence-electron chi connectivity index (χ3n) is 8.90. The summed E-state index contributed by atoms with van der Waals surface area (Å²) in [6.07, 6.45) is 4.44. The number of nitrogens with zero attached hydrogens (tertiary/aromatic N) is 7. The van der Waals surface area contributed by atoms with Crippen molar-refractivity contribution in [2.24, 2.45) is 0 Å². The average Bonchev–Trinajstić information content (AvgIpc) is 3.73. The number of amides is 1. The molecule has 2 aliphatic heterocycles. The van der Waals surface area contributed by atoms with E-state index in [0.29, 0.717) is 47.4 Å². The molecule has 0 unspecified atom stereocenters. The summed E-state index contributed by atoms with van der Waals surface area (Å²) in [6, 6.07) is 18.5. The summed E-state index contributed by atoms with van der Waals surface area (Å²) in [6.45, 7) is 7.25. The van der Waals surface area contributed by atoms with Crippen molar-refractivity contribution in [1.82, 2.24) is 29.7 Å². The van der Waals surface area contributed by atoms with Gasteiger partial charge in [0.2, 0.25) is 6.79 Å². The zero-order valence-electron chi connectivity index (χ0n) is 27.5. The number of aromatic nitrogens is 4. The number of fused-ring (bicyclic) bond motifs is 3. The third kappa shape index (κ3) is 6.83. The number of ether oxygens (including phenoxy) is 2. The van der Waals surface area contributed by atoms with Crippen molar-refractivity contribution in [2.75, 3.05) is 57.2 Å². The topological polar surface area (TPSA) is 147 Å². The van der Waals surface area contributed by atoms with Gasteiger partial charge in [0, 0.05) is 49.9 Å². The van der Waals surface area contributed by atoms with Crippen LogP contribution in [0.25, 0.3) is 28.0 Å². The Morgan fingerprint density at radius 1 is 1.06 bits per heavy atom. The normalized spacial score (nSPS) is 14.8. The average molecular weight is 676 g/mol. The van der Waals surface area contributed by atoms with Gasteiger partial charge in [0.05, 0.1) is 0 Å². The van der Waals surface area contributed by atoms with Gasteiger partial charge in [0.15, 0.2) is 33.6 Å². The molecular formula is C36H37N9O3S. The lowest BCUT2D eigenvalue weighted by Gasteiger charge is -2.34. The second-order valence-electron chi connectivity index (χ2n) is 12.1. The first-order valence-electron chi connectivity index (χ1n) is 16.3. The van der Waals surface area contributed by atoms with Crippen molar-refractivity contribution in [2.45, 2.75) is 36.4 Å². The highest BCUT2D eigenvalue weighted by atomic mass is 32.2. The molecule has 2 aliphatic rings. The molecule has 3 aromatic carbocycles. The number of hydrogen-bond acceptors (Lipinski definition) is 11.